The predicted molar refractivity (Wildman–Crippen MR) is 131 cm³/mol. The number of rotatable bonds is 4. The van der Waals surface area contributed by atoms with Gasteiger partial charge in [0.05, 0.1) is 31.2 Å². The number of imide groups is 1. The fourth-order valence-electron chi connectivity index (χ4n) is 6.02. The van der Waals surface area contributed by atoms with Gasteiger partial charge < -0.3 is 9.64 Å². The molecule has 2 fully saturated rings. The number of para-hydroxylation sites is 1. The van der Waals surface area contributed by atoms with E-state index in [0.717, 1.165) is 5.56 Å². The third-order valence-corrected chi connectivity index (χ3v) is 7.60. The number of ether oxygens (including phenoxy) is 1. The minimum Gasteiger partial charge on any atom is -0.497 e. The van der Waals surface area contributed by atoms with E-state index in [1.54, 1.807) is 48.4 Å². The van der Waals surface area contributed by atoms with Crippen LogP contribution in [0.25, 0.3) is 0 Å². The zero-order valence-corrected chi connectivity index (χ0v) is 19.8. The first-order chi connectivity index (χ1) is 17.4. The number of fused-ring (bicyclic) bond motifs is 4. The summed E-state index contributed by atoms with van der Waals surface area (Å²) in [5.41, 5.74) is 1.19. The summed E-state index contributed by atoms with van der Waals surface area (Å²) in [6.07, 6.45) is 0. The molecule has 0 saturated carbocycles. The van der Waals surface area contributed by atoms with Gasteiger partial charge in [-0.15, -0.1) is 0 Å². The maximum Gasteiger partial charge on any atom is 0.253 e. The van der Waals surface area contributed by atoms with E-state index in [1.807, 2.05) is 31.2 Å². The lowest BCUT2D eigenvalue weighted by Gasteiger charge is -2.30. The number of nitrogens with one attached hydrogen (secondary N) is 1. The Morgan fingerprint density at radius 1 is 0.944 bits per heavy atom. The second-order valence-corrected chi connectivity index (χ2v) is 9.49. The molecule has 4 atom stereocenters. The highest BCUT2D eigenvalue weighted by Gasteiger charge is 2.71. The molecule has 3 amide bonds. The zero-order chi connectivity index (χ0) is 25.2. The quantitative estimate of drug-likeness (QED) is 0.574. The van der Waals surface area contributed by atoms with Gasteiger partial charge in [-0.05, 0) is 55.0 Å². The van der Waals surface area contributed by atoms with Crippen molar-refractivity contribution in [2.45, 2.75) is 25.0 Å². The van der Waals surface area contributed by atoms with Gasteiger partial charge in [-0.25, -0.2) is 9.29 Å². The summed E-state index contributed by atoms with van der Waals surface area (Å²) in [6.45, 7) is 2.06. The SMILES string of the molecule is COc1ccc(N2C(=O)C3C(C)NC4(C(=O)N(Cc5ccc(F)cc5)c5ccccc54)C3C2=O)cc1. The molecular weight excluding hydrogens is 461 g/mol. The summed E-state index contributed by atoms with van der Waals surface area (Å²) in [7, 11) is 1.55. The molecule has 0 bridgehead atoms. The first-order valence-electron chi connectivity index (χ1n) is 11.8. The van der Waals surface area contributed by atoms with Crippen molar-refractivity contribution in [2.24, 2.45) is 11.8 Å². The molecule has 1 spiro atoms. The Hall–Kier alpha value is -4.04. The van der Waals surface area contributed by atoms with Crippen LogP contribution in [-0.4, -0.2) is 30.9 Å². The normalized spacial score (nSPS) is 26.6. The molecule has 3 aliphatic rings. The Labute approximate surface area is 207 Å². The predicted octanol–water partition coefficient (Wildman–Crippen LogP) is 3.37. The van der Waals surface area contributed by atoms with Gasteiger partial charge in [0.25, 0.3) is 5.91 Å². The van der Waals surface area contributed by atoms with Crippen molar-refractivity contribution in [2.75, 3.05) is 16.9 Å². The van der Waals surface area contributed by atoms with Gasteiger partial charge in [0.2, 0.25) is 11.8 Å². The molecule has 0 radical (unpaired) electrons. The number of methoxy groups -OCH3 is 1. The second kappa shape index (κ2) is 7.99. The lowest BCUT2D eigenvalue weighted by atomic mass is 9.76. The molecule has 4 unspecified atom stereocenters. The summed E-state index contributed by atoms with van der Waals surface area (Å²) in [4.78, 5) is 44.6. The molecule has 7 nitrogen and oxygen atoms in total. The van der Waals surface area contributed by atoms with Crippen LogP contribution < -0.4 is 19.9 Å². The maximum absolute atomic E-state index is 14.2. The van der Waals surface area contributed by atoms with Crippen molar-refractivity contribution in [1.82, 2.24) is 5.32 Å². The molecule has 0 aliphatic carbocycles. The Bertz CT molecular complexity index is 1390. The van der Waals surface area contributed by atoms with Crippen molar-refractivity contribution in [1.29, 1.82) is 0 Å². The van der Waals surface area contributed by atoms with Crippen LogP contribution in [0.4, 0.5) is 15.8 Å². The summed E-state index contributed by atoms with van der Waals surface area (Å²) < 4.78 is 18.7. The van der Waals surface area contributed by atoms with Crippen molar-refractivity contribution >= 4 is 29.1 Å². The van der Waals surface area contributed by atoms with Gasteiger partial charge in [0, 0.05) is 17.3 Å². The van der Waals surface area contributed by atoms with Crippen LogP contribution >= 0.6 is 0 Å². The van der Waals surface area contributed by atoms with E-state index in [9.17, 15) is 18.8 Å². The standard InChI is InChI=1S/C28H24FN3O4/c1-16-23-24(26(34)32(25(23)33)19-11-13-20(36-2)14-12-19)28(30-16)21-5-3-4-6-22(21)31(27(28)35)15-17-7-9-18(29)10-8-17/h3-14,16,23-24,30H,15H2,1-2H3. The fraction of sp³-hybridized carbons (Fsp3) is 0.250. The summed E-state index contributed by atoms with van der Waals surface area (Å²) in [5.74, 6) is -2.35. The average molecular weight is 486 g/mol. The highest BCUT2D eigenvalue weighted by molar-refractivity contribution is 6.26. The molecule has 182 valence electrons. The van der Waals surface area contributed by atoms with Crippen LogP contribution in [0.2, 0.25) is 0 Å². The van der Waals surface area contributed by atoms with Crippen LogP contribution in [0.5, 0.6) is 5.75 Å². The Kier molecular flexibility index (Phi) is 4.98. The van der Waals surface area contributed by atoms with E-state index >= 15 is 0 Å². The Balaban J connectivity index is 1.43. The first kappa shape index (κ1) is 22.4. The maximum atomic E-state index is 14.2. The number of carbonyl (C=O) groups excluding carboxylic acids is 3. The van der Waals surface area contributed by atoms with Crippen LogP contribution in [0.3, 0.4) is 0 Å². The molecule has 0 aromatic heterocycles. The molecule has 2 saturated heterocycles. The monoisotopic (exact) mass is 485 g/mol. The van der Waals surface area contributed by atoms with E-state index in [0.29, 0.717) is 22.7 Å². The first-order valence-corrected chi connectivity index (χ1v) is 11.8. The van der Waals surface area contributed by atoms with Crippen LogP contribution in [0.1, 0.15) is 18.1 Å². The van der Waals surface area contributed by atoms with Gasteiger partial charge in [0.15, 0.2) is 0 Å². The number of hydrogen-bond donors (Lipinski definition) is 1. The molecule has 6 rings (SSSR count). The van der Waals surface area contributed by atoms with Crippen molar-refractivity contribution in [3.63, 3.8) is 0 Å². The fourth-order valence-corrected chi connectivity index (χ4v) is 6.02. The lowest BCUT2D eigenvalue weighted by molar-refractivity contribution is -0.132. The molecule has 8 heteroatoms. The third kappa shape index (κ3) is 2.97. The Morgan fingerprint density at radius 2 is 1.64 bits per heavy atom. The van der Waals surface area contributed by atoms with Crippen molar-refractivity contribution < 1.29 is 23.5 Å². The third-order valence-electron chi connectivity index (χ3n) is 7.60. The van der Waals surface area contributed by atoms with Gasteiger partial charge in [0.1, 0.15) is 17.1 Å². The van der Waals surface area contributed by atoms with E-state index in [-0.39, 0.29) is 24.2 Å². The Morgan fingerprint density at radius 3 is 2.33 bits per heavy atom. The highest BCUT2D eigenvalue weighted by atomic mass is 19.1. The topological polar surface area (TPSA) is 79.0 Å². The smallest absolute Gasteiger partial charge is 0.253 e. The van der Waals surface area contributed by atoms with Crippen LogP contribution in [-0.2, 0) is 26.5 Å². The molecule has 1 N–H and O–H groups in total. The molecular formula is C28H24FN3O4. The number of benzene rings is 3. The molecule has 3 aliphatic heterocycles. The van der Waals surface area contributed by atoms with Crippen LogP contribution in [0, 0.1) is 17.7 Å². The van der Waals surface area contributed by atoms with Crippen molar-refractivity contribution in [3.8, 4) is 5.75 Å². The minimum atomic E-state index is -1.37. The molecule has 3 heterocycles. The zero-order valence-electron chi connectivity index (χ0n) is 19.8. The van der Waals surface area contributed by atoms with Crippen molar-refractivity contribution in [3.05, 3.63) is 89.7 Å². The average Bonchev–Trinajstić information content (AvgIpc) is 3.44. The van der Waals surface area contributed by atoms with Gasteiger partial charge in [-0.1, -0.05) is 30.3 Å². The van der Waals surface area contributed by atoms with E-state index < -0.39 is 29.3 Å². The minimum absolute atomic E-state index is 0.218. The second-order valence-electron chi connectivity index (χ2n) is 9.49. The summed E-state index contributed by atoms with van der Waals surface area (Å²) in [5, 5.41) is 3.37. The summed E-state index contributed by atoms with van der Waals surface area (Å²) >= 11 is 0. The van der Waals surface area contributed by atoms with Crippen LogP contribution in [0.15, 0.2) is 72.8 Å². The van der Waals surface area contributed by atoms with Gasteiger partial charge >= 0.3 is 0 Å². The van der Waals surface area contributed by atoms with E-state index in [4.69, 9.17) is 4.74 Å². The largest absolute Gasteiger partial charge is 0.497 e. The number of hydrogen-bond acceptors (Lipinski definition) is 5. The number of carbonyl (C=O) groups is 3. The lowest BCUT2D eigenvalue weighted by Crippen LogP contribution is -2.54. The highest BCUT2D eigenvalue weighted by Crippen LogP contribution is 2.55. The molecule has 3 aromatic carbocycles. The summed E-state index contributed by atoms with van der Waals surface area (Å²) in [6, 6.07) is 19.7. The van der Waals surface area contributed by atoms with Gasteiger partial charge in [-0.3, -0.25) is 19.7 Å². The number of amides is 3. The number of anilines is 2. The number of halogens is 1. The number of nitrogens with zero attached hydrogens (tertiary/aromatic N) is 2. The van der Waals surface area contributed by atoms with E-state index in [2.05, 4.69) is 5.32 Å². The molecule has 36 heavy (non-hydrogen) atoms. The van der Waals surface area contributed by atoms with Gasteiger partial charge in [-0.2, -0.15) is 0 Å². The molecule has 3 aromatic rings. The van der Waals surface area contributed by atoms with E-state index in [1.165, 1.54) is 17.0 Å².